The van der Waals surface area contributed by atoms with E-state index in [9.17, 15) is 14.4 Å². The first-order valence-corrected chi connectivity index (χ1v) is 7.27. The van der Waals surface area contributed by atoms with Gasteiger partial charge in [0.1, 0.15) is 0 Å². The number of rotatable bonds is 5. The average Bonchev–Trinajstić information content (AvgIpc) is 2.61. The van der Waals surface area contributed by atoms with Crippen LogP contribution in [0.2, 0.25) is 0 Å². The van der Waals surface area contributed by atoms with Crippen molar-refractivity contribution in [2.24, 2.45) is 0 Å². The zero-order valence-corrected chi connectivity index (χ0v) is 12.6. The predicted octanol–water partition coefficient (Wildman–Crippen LogP) is 0.385. The summed E-state index contributed by atoms with van der Waals surface area (Å²) in [5.41, 5.74) is -2.74. The molecule has 0 unspecified atom stereocenters. The summed E-state index contributed by atoms with van der Waals surface area (Å²) in [5, 5.41) is 33.8. The molecular weight excluding hydrogens is 294 g/mol. The van der Waals surface area contributed by atoms with E-state index < -0.39 is 36.4 Å². The molecule has 0 aliphatic carbocycles. The third-order valence-electron chi connectivity index (χ3n) is 4.35. The average molecular weight is 317 g/mol. The normalized spacial score (nSPS) is 24.3. The van der Waals surface area contributed by atoms with E-state index in [1.165, 1.54) is 32.1 Å². The lowest BCUT2D eigenvalue weighted by Crippen LogP contribution is -2.42. The van der Waals surface area contributed by atoms with E-state index in [4.69, 9.17) is 20.4 Å². The Bertz CT molecular complexity index is 405. The fourth-order valence-corrected chi connectivity index (χ4v) is 3.09. The van der Waals surface area contributed by atoms with E-state index >= 15 is 0 Å². The lowest BCUT2D eigenvalue weighted by molar-refractivity contribution is -0.170. The monoisotopic (exact) mass is 317 g/mol. The molecule has 2 aliphatic heterocycles. The molecule has 22 heavy (non-hydrogen) atoms. The van der Waals surface area contributed by atoms with Gasteiger partial charge in [-0.15, -0.1) is 0 Å². The quantitative estimate of drug-likeness (QED) is 0.571. The van der Waals surface area contributed by atoms with Gasteiger partial charge in [-0.05, 0) is 32.7 Å². The Labute approximate surface area is 128 Å². The molecule has 0 spiro atoms. The van der Waals surface area contributed by atoms with Crippen LogP contribution in [0.3, 0.4) is 0 Å². The van der Waals surface area contributed by atoms with Gasteiger partial charge in [0.25, 0.3) is 0 Å². The zero-order valence-electron chi connectivity index (χ0n) is 12.6. The van der Waals surface area contributed by atoms with Gasteiger partial charge in [0.15, 0.2) is 5.60 Å². The second-order valence-electron chi connectivity index (χ2n) is 5.96. The minimum absolute atomic E-state index is 0.962. The van der Waals surface area contributed by atoms with Crippen molar-refractivity contribution in [3.05, 3.63) is 0 Å². The van der Waals surface area contributed by atoms with Crippen LogP contribution in [-0.2, 0) is 14.4 Å². The summed E-state index contributed by atoms with van der Waals surface area (Å²) in [5.74, 6) is -5.02. The summed E-state index contributed by atoms with van der Waals surface area (Å²) in [7, 11) is 2.29. The van der Waals surface area contributed by atoms with Crippen molar-refractivity contribution in [3.8, 4) is 0 Å². The highest BCUT2D eigenvalue weighted by atomic mass is 16.4. The molecule has 0 radical (unpaired) electrons. The largest absolute Gasteiger partial charge is 0.481 e. The standard InChI is InChI=1S/C8H15N.C6H8O7/c1-9-7-3-2-4-8(9)6-5-7;7-3(8)1-6(13,5(11)12)2-4(9)10/h7-8H,2-6H2,1H3;13H,1-2H2,(H,7,8)(H,9,10)(H,11,12)/t7-,8+;. The van der Waals surface area contributed by atoms with E-state index in [0.717, 1.165) is 12.1 Å². The molecule has 126 valence electrons. The highest BCUT2D eigenvalue weighted by Gasteiger charge is 2.40. The van der Waals surface area contributed by atoms with Crippen LogP contribution in [0.25, 0.3) is 0 Å². The van der Waals surface area contributed by atoms with Crippen LogP contribution in [-0.4, -0.2) is 68.0 Å². The van der Waals surface area contributed by atoms with Crippen LogP contribution in [0.5, 0.6) is 0 Å². The van der Waals surface area contributed by atoms with Gasteiger partial charge in [0.2, 0.25) is 0 Å². The number of nitrogens with zero attached hydrogens (tertiary/aromatic N) is 1. The highest BCUT2D eigenvalue weighted by molar-refractivity contribution is 5.88. The number of hydrogen-bond donors (Lipinski definition) is 4. The van der Waals surface area contributed by atoms with E-state index in [0.29, 0.717) is 0 Å². The molecule has 0 aromatic heterocycles. The first-order chi connectivity index (χ1) is 10.2. The number of aliphatic hydroxyl groups is 1. The number of fused-ring (bicyclic) bond motifs is 2. The SMILES string of the molecule is CN1[C@@H]2CCC[C@H]1CC2.O=C(O)CC(O)(CC(=O)O)C(=O)O. The molecule has 2 bridgehead atoms. The smallest absolute Gasteiger partial charge is 0.336 e. The van der Waals surface area contributed by atoms with Crippen LogP contribution in [0.1, 0.15) is 44.9 Å². The Balaban J connectivity index is 0.000000231. The molecule has 2 rings (SSSR count). The molecule has 2 aliphatic rings. The zero-order chi connectivity index (χ0) is 16.9. The lowest BCUT2D eigenvalue weighted by atomic mass is 9.96. The van der Waals surface area contributed by atoms with Crippen molar-refractivity contribution in [2.75, 3.05) is 7.05 Å². The van der Waals surface area contributed by atoms with Gasteiger partial charge in [0, 0.05) is 12.1 Å². The summed E-state index contributed by atoms with van der Waals surface area (Å²) in [6.07, 6.45) is 5.07. The number of carboxylic acid groups (broad SMARTS) is 3. The lowest BCUT2D eigenvalue weighted by Gasteiger charge is -2.30. The van der Waals surface area contributed by atoms with Gasteiger partial charge in [-0.25, -0.2) is 4.79 Å². The maximum Gasteiger partial charge on any atom is 0.336 e. The summed E-state index contributed by atoms with van der Waals surface area (Å²) in [4.78, 5) is 33.1. The Hall–Kier alpha value is -1.67. The van der Waals surface area contributed by atoms with Crippen LogP contribution in [0, 0.1) is 0 Å². The van der Waals surface area contributed by atoms with Crippen LogP contribution in [0.4, 0.5) is 0 Å². The fourth-order valence-electron chi connectivity index (χ4n) is 3.09. The maximum absolute atomic E-state index is 10.3. The van der Waals surface area contributed by atoms with Gasteiger partial charge in [-0.1, -0.05) is 6.42 Å². The molecule has 4 N–H and O–H groups in total. The van der Waals surface area contributed by atoms with Crippen molar-refractivity contribution >= 4 is 17.9 Å². The third kappa shape index (κ3) is 4.96. The number of hydrogen-bond acceptors (Lipinski definition) is 5. The van der Waals surface area contributed by atoms with E-state index in [2.05, 4.69) is 11.9 Å². The molecule has 2 saturated heterocycles. The van der Waals surface area contributed by atoms with Gasteiger partial charge in [-0.3, -0.25) is 9.59 Å². The van der Waals surface area contributed by atoms with Crippen molar-refractivity contribution in [2.45, 2.75) is 62.6 Å². The Morgan fingerprint density at radius 3 is 1.64 bits per heavy atom. The predicted molar refractivity (Wildman–Crippen MR) is 75.5 cm³/mol. The minimum atomic E-state index is -2.74. The second-order valence-corrected chi connectivity index (χ2v) is 5.96. The molecular formula is C14H23NO7. The molecule has 2 fully saturated rings. The highest BCUT2D eigenvalue weighted by Crippen LogP contribution is 2.33. The van der Waals surface area contributed by atoms with Gasteiger partial charge < -0.3 is 25.3 Å². The van der Waals surface area contributed by atoms with E-state index in [-0.39, 0.29) is 0 Å². The van der Waals surface area contributed by atoms with Crippen molar-refractivity contribution in [1.82, 2.24) is 4.90 Å². The number of carbonyl (C=O) groups is 3. The molecule has 0 amide bonds. The van der Waals surface area contributed by atoms with E-state index in [1.54, 1.807) is 0 Å². The van der Waals surface area contributed by atoms with Crippen molar-refractivity contribution in [3.63, 3.8) is 0 Å². The van der Waals surface area contributed by atoms with Gasteiger partial charge >= 0.3 is 17.9 Å². The Kier molecular flexibility index (Phi) is 6.31. The van der Waals surface area contributed by atoms with Gasteiger partial charge in [0.05, 0.1) is 12.8 Å². The summed E-state index contributed by atoms with van der Waals surface area (Å²) in [6, 6.07) is 1.92. The van der Waals surface area contributed by atoms with Gasteiger partial charge in [-0.2, -0.15) is 0 Å². The molecule has 0 saturated carbocycles. The first-order valence-electron chi connectivity index (χ1n) is 7.27. The summed E-state index contributed by atoms with van der Waals surface area (Å²) >= 11 is 0. The van der Waals surface area contributed by atoms with Crippen molar-refractivity contribution < 1.29 is 34.8 Å². The van der Waals surface area contributed by atoms with Crippen LogP contribution in [0.15, 0.2) is 0 Å². The third-order valence-corrected chi connectivity index (χ3v) is 4.35. The second kappa shape index (κ2) is 7.55. The number of carboxylic acids is 3. The maximum atomic E-state index is 10.3. The van der Waals surface area contributed by atoms with Crippen LogP contribution >= 0.6 is 0 Å². The van der Waals surface area contributed by atoms with Crippen molar-refractivity contribution in [1.29, 1.82) is 0 Å². The topological polar surface area (TPSA) is 135 Å². The Morgan fingerprint density at radius 1 is 0.955 bits per heavy atom. The molecule has 2 heterocycles. The molecule has 0 aromatic rings. The molecule has 2 atom stereocenters. The number of piperidine rings is 1. The van der Waals surface area contributed by atoms with E-state index in [1.807, 2.05) is 0 Å². The molecule has 8 nitrogen and oxygen atoms in total. The summed E-state index contributed by atoms with van der Waals surface area (Å²) in [6.45, 7) is 0. The van der Waals surface area contributed by atoms with Crippen LogP contribution < -0.4 is 0 Å². The number of aliphatic carboxylic acids is 3. The molecule has 0 aromatic carbocycles. The summed E-state index contributed by atoms with van der Waals surface area (Å²) < 4.78 is 0. The Morgan fingerprint density at radius 2 is 1.36 bits per heavy atom. The fraction of sp³-hybridized carbons (Fsp3) is 0.786. The first kappa shape index (κ1) is 18.4. The minimum Gasteiger partial charge on any atom is -0.481 e. The molecule has 8 heteroatoms.